The predicted molar refractivity (Wildman–Crippen MR) is 95.2 cm³/mol. The summed E-state index contributed by atoms with van der Waals surface area (Å²) in [6, 6.07) is 9.43. The number of imide groups is 1. The summed E-state index contributed by atoms with van der Waals surface area (Å²) in [6.07, 6.45) is 1.10. The number of hydrogen-bond acceptors (Lipinski definition) is 4. The van der Waals surface area contributed by atoms with Gasteiger partial charge in [-0.05, 0) is 39.2 Å². The zero-order chi connectivity index (χ0) is 18.7. The SMILES string of the molecule is CCC(=O)CC[C@]1(c2ccccc2)CCN(C(=O)OC(C)(C)C)C1=O. The molecule has 1 saturated heterocycles. The first-order valence-electron chi connectivity index (χ1n) is 8.82. The molecule has 0 spiro atoms. The molecule has 1 aromatic carbocycles. The van der Waals surface area contributed by atoms with Crippen molar-refractivity contribution in [3.8, 4) is 0 Å². The van der Waals surface area contributed by atoms with Gasteiger partial charge in [0.15, 0.2) is 0 Å². The van der Waals surface area contributed by atoms with E-state index in [4.69, 9.17) is 4.74 Å². The Morgan fingerprint density at radius 2 is 1.84 bits per heavy atom. The maximum atomic E-state index is 13.2. The number of hydrogen-bond donors (Lipinski definition) is 0. The third-order valence-electron chi connectivity index (χ3n) is 4.58. The number of Topliss-reactive ketones (excluding diaryl/α,β-unsaturated/α-hetero) is 1. The van der Waals surface area contributed by atoms with Crippen LogP contribution in [0.3, 0.4) is 0 Å². The zero-order valence-corrected chi connectivity index (χ0v) is 15.5. The molecule has 1 fully saturated rings. The van der Waals surface area contributed by atoms with Crippen LogP contribution in [0.25, 0.3) is 0 Å². The van der Waals surface area contributed by atoms with E-state index in [1.807, 2.05) is 37.3 Å². The Balaban J connectivity index is 2.29. The van der Waals surface area contributed by atoms with Crippen LogP contribution < -0.4 is 0 Å². The number of ketones is 1. The molecule has 0 aromatic heterocycles. The monoisotopic (exact) mass is 345 g/mol. The number of benzene rings is 1. The lowest BCUT2D eigenvalue weighted by atomic mass is 9.75. The summed E-state index contributed by atoms with van der Waals surface area (Å²) in [5, 5.41) is 0. The molecule has 136 valence electrons. The topological polar surface area (TPSA) is 63.7 Å². The van der Waals surface area contributed by atoms with Crippen molar-refractivity contribution in [1.29, 1.82) is 0 Å². The fourth-order valence-corrected chi connectivity index (χ4v) is 3.19. The van der Waals surface area contributed by atoms with Crippen molar-refractivity contribution in [2.75, 3.05) is 6.54 Å². The molecule has 25 heavy (non-hydrogen) atoms. The molecule has 2 amide bonds. The first kappa shape index (κ1) is 19.2. The lowest BCUT2D eigenvalue weighted by Gasteiger charge is -2.29. The molecular weight excluding hydrogens is 318 g/mol. The number of amides is 2. The molecule has 0 N–H and O–H groups in total. The van der Waals surface area contributed by atoms with Crippen molar-refractivity contribution in [1.82, 2.24) is 4.90 Å². The van der Waals surface area contributed by atoms with E-state index < -0.39 is 17.1 Å². The molecule has 1 aliphatic rings. The van der Waals surface area contributed by atoms with Gasteiger partial charge in [-0.1, -0.05) is 37.3 Å². The van der Waals surface area contributed by atoms with Gasteiger partial charge in [-0.2, -0.15) is 0 Å². The highest BCUT2D eigenvalue weighted by Gasteiger charge is 2.50. The Morgan fingerprint density at radius 1 is 1.20 bits per heavy atom. The van der Waals surface area contributed by atoms with Crippen LogP contribution in [0.15, 0.2) is 30.3 Å². The molecule has 5 nitrogen and oxygen atoms in total. The zero-order valence-electron chi connectivity index (χ0n) is 15.5. The number of carbonyl (C=O) groups is 3. The molecular formula is C20H27NO4. The van der Waals surface area contributed by atoms with Gasteiger partial charge in [-0.25, -0.2) is 9.69 Å². The highest BCUT2D eigenvalue weighted by atomic mass is 16.6. The Kier molecular flexibility index (Phi) is 5.65. The van der Waals surface area contributed by atoms with E-state index in [0.717, 1.165) is 5.56 Å². The number of rotatable bonds is 5. The molecule has 0 aliphatic carbocycles. The first-order valence-corrected chi connectivity index (χ1v) is 8.82. The number of likely N-dealkylation sites (tertiary alicyclic amines) is 1. The second-order valence-electron chi connectivity index (χ2n) is 7.53. The summed E-state index contributed by atoms with van der Waals surface area (Å²) >= 11 is 0. The lowest BCUT2D eigenvalue weighted by Crippen LogP contribution is -2.43. The van der Waals surface area contributed by atoms with Gasteiger partial charge in [0.05, 0.1) is 5.41 Å². The molecule has 1 aliphatic heterocycles. The summed E-state index contributed by atoms with van der Waals surface area (Å²) in [5.41, 5.74) is -0.633. The third kappa shape index (κ3) is 4.27. The first-order chi connectivity index (χ1) is 11.7. The van der Waals surface area contributed by atoms with E-state index in [0.29, 0.717) is 32.2 Å². The summed E-state index contributed by atoms with van der Waals surface area (Å²) in [7, 11) is 0. The highest BCUT2D eigenvalue weighted by molar-refractivity contribution is 6.00. The van der Waals surface area contributed by atoms with Crippen LogP contribution in [0, 0.1) is 0 Å². The van der Waals surface area contributed by atoms with Crippen LogP contribution in [0.1, 0.15) is 58.9 Å². The largest absolute Gasteiger partial charge is 0.443 e. The quantitative estimate of drug-likeness (QED) is 0.813. The minimum atomic E-state index is -0.830. The van der Waals surface area contributed by atoms with E-state index in [9.17, 15) is 14.4 Å². The normalized spacial score (nSPS) is 20.6. The number of carbonyl (C=O) groups excluding carboxylic acids is 3. The Morgan fingerprint density at radius 3 is 2.40 bits per heavy atom. The second-order valence-corrected chi connectivity index (χ2v) is 7.53. The van der Waals surface area contributed by atoms with Crippen molar-refractivity contribution in [3.63, 3.8) is 0 Å². The molecule has 0 radical (unpaired) electrons. The lowest BCUT2D eigenvalue weighted by molar-refractivity contribution is -0.132. The van der Waals surface area contributed by atoms with E-state index in [1.165, 1.54) is 4.90 Å². The number of ether oxygens (including phenoxy) is 1. The van der Waals surface area contributed by atoms with E-state index >= 15 is 0 Å². The number of nitrogens with zero attached hydrogens (tertiary/aromatic N) is 1. The maximum Gasteiger partial charge on any atom is 0.417 e. The second kappa shape index (κ2) is 7.38. The summed E-state index contributed by atoms with van der Waals surface area (Å²) in [4.78, 5) is 38.6. The molecule has 1 atom stereocenters. The molecule has 1 heterocycles. The Hall–Kier alpha value is -2.17. The highest BCUT2D eigenvalue weighted by Crippen LogP contribution is 2.40. The van der Waals surface area contributed by atoms with E-state index in [-0.39, 0.29) is 11.7 Å². The van der Waals surface area contributed by atoms with Gasteiger partial charge in [-0.3, -0.25) is 9.59 Å². The van der Waals surface area contributed by atoms with E-state index in [1.54, 1.807) is 20.8 Å². The summed E-state index contributed by atoms with van der Waals surface area (Å²) < 4.78 is 5.37. The van der Waals surface area contributed by atoms with Crippen LogP contribution in [0.4, 0.5) is 4.79 Å². The third-order valence-corrected chi connectivity index (χ3v) is 4.58. The maximum absolute atomic E-state index is 13.2. The van der Waals surface area contributed by atoms with Crippen molar-refractivity contribution in [2.24, 2.45) is 0 Å². The van der Waals surface area contributed by atoms with Crippen molar-refractivity contribution < 1.29 is 19.1 Å². The van der Waals surface area contributed by atoms with Crippen molar-refractivity contribution >= 4 is 17.8 Å². The molecule has 0 bridgehead atoms. The summed E-state index contributed by atoms with van der Waals surface area (Å²) in [5.74, 6) is -0.143. The molecule has 2 rings (SSSR count). The van der Waals surface area contributed by atoms with Crippen LogP contribution in [-0.2, 0) is 19.7 Å². The van der Waals surface area contributed by atoms with E-state index in [2.05, 4.69) is 0 Å². The molecule has 1 aromatic rings. The average molecular weight is 345 g/mol. The van der Waals surface area contributed by atoms with Crippen molar-refractivity contribution in [3.05, 3.63) is 35.9 Å². The van der Waals surface area contributed by atoms with Gasteiger partial charge in [0.1, 0.15) is 11.4 Å². The summed E-state index contributed by atoms with van der Waals surface area (Å²) in [6.45, 7) is 7.45. The van der Waals surface area contributed by atoms with Gasteiger partial charge >= 0.3 is 6.09 Å². The van der Waals surface area contributed by atoms with Gasteiger partial charge in [-0.15, -0.1) is 0 Å². The van der Waals surface area contributed by atoms with Crippen LogP contribution >= 0.6 is 0 Å². The van der Waals surface area contributed by atoms with Gasteiger partial charge in [0, 0.05) is 19.4 Å². The van der Waals surface area contributed by atoms with Crippen molar-refractivity contribution in [2.45, 2.75) is 64.4 Å². The van der Waals surface area contributed by atoms with Crippen LogP contribution in [0.5, 0.6) is 0 Å². The van der Waals surface area contributed by atoms with Crippen LogP contribution in [0.2, 0.25) is 0 Å². The smallest absolute Gasteiger partial charge is 0.417 e. The van der Waals surface area contributed by atoms with Gasteiger partial charge in [0.25, 0.3) is 0 Å². The predicted octanol–water partition coefficient (Wildman–Crippen LogP) is 3.85. The Labute approximate surface area is 149 Å². The van der Waals surface area contributed by atoms with Gasteiger partial charge < -0.3 is 4.74 Å². The standard InChI is InChI=1S/C20H27NO4/c1-5-16(22)11-12-20(15-9-7-6-8-10-15)13-14-21(17(20)23)18(24)25-19(2,3)4/h6-10H,5,11-14H2,1-4H3/t20-/m1/s1. The van der Waals surface area contributed by atoms with Gasteiger partial charge in [0.2, 0.25) is 5.91 Å². The molecule has 0 unspecified atom stereocenters. The fraction of sp³-hybridized carbons (Fsp3) is 0.550. The Bertz CT molecular complexity index is 647. The minimum Gasteiger partial charge on any atom is -0.443 e. The minimum absolute atomic E-state index is 0.124. The molecule has 0 saturated carbocycles. The average Bonchev–Trinajstić information content (AvgIpc) is 2.90. The van der Waals surface area contributed by atoms with Crippen LogP contribution in [-0.4, -0.2) is 34.8 Å². The molecule has 5 heteroatoms. The fourth-order valence-electron chi connectivity index (χ4n) is 3.19.